The lowest BCUT2D eigenvalue weighted by Gasteiger charge is -2.20. The molecule has 1 saturated heterocycles. The van der Waals surface area contributed by atoms with Crippen LogP contribution in [0.1, 0.15) is 23.2 Å². The molecule has 2 aliphatic rings. The van der Waals surface area contributed by atoms with Gasteiger partial charge in [0.1, 0.15) is 11.9 Å². The minimum atomic E-state index is -0.419. The van der Waals surface area contributed by atoms with Gasteiger partial charge in [-0.25, -0.2) is 4.79 Å². The second kappa shape index (κ2) is 9.39. The third-order valence-electron chi connectivity index (χ3n) is 5.30. The van der Waals surface area contributed by atoms with E-state index in [0.29, 0.717) is 60.1 Å². The number of nitrogens with zero attached hydrogens (tertiary/aromatic N) is 1. The van der Waals surface area contributed by atoms with E-state index in [2.05, 4.69) is 10.6 Å². The number of para-hydroxylation sites is 1. The maximum Gasteiger partial charge on any atom is 0.414 e. The first-order valence-electron chi connectivity index (χ1n) is 10.2. The van der Waals surface area contributed by atoms with Crippen LogP contribution in [-0.2, 0) is 9.53 Å². The number of nitrogens with one attached hydrogen (secondary N) is 2. The summed E-state index contributed by atoms with van der Waals surface area (Å²) in [4.78, 5) is 38.9. The zero-order valence-corrected chi connectivity index (χ0v) is 18.4. The number of amides is 3. The number of hydrogen-bond acceptors (Lipinski definition) is 7. The van der Waals surface area contributed by atoms with Crippen LogP contribution < -0.4 is 26.0 Å². The minimum Gasteiger partial charge on any atom is -0.495 e. The number of thioether (sulfide) groups is 1. The molecule has 2 aliphatic heterocycles. The maximum absolute atomic E-state index is 12.4. The van der Waals surface area contributed by atoms with E-state index in [9.17, 15) is 14.4 Å². The molecule has 4 rings (SSSR count). The average Bonchev–Trinajstić information content (AvgIpc) is 3.16. The Balaban J connectivity index is 1.28. The molecule has 0 aromatic heterocycles. The summed E-state index contributed by atoms with van der Waals surface area (Å²) in [5.41, 5.74) is 8.01. The first-order chi connectivity index (χ1) is 15.5. The molecule has 2 heterocycles. The monoisotopic (exact) mass is 456 g/mol. The molecule has 168 valence electrons. The van der Waals surface area contributed by atoms with Gasteiger partial charge in [-0.2, -0.15) is 0 Å². The number of benzene rings is 2. The molecule has 1 atom stereocenters. The molecule has 3 amide bonds. The zero-order valence-electron chi connectivity index (χ0n) is 17.6. The summed E-state index contributed by atoms with van der Waals surface area (Å²) in [6.45, 7) is 0.834. The Morgan fingerprint density at radius 1 is 1.34 bits per heavy atom. The Morgan fingerprint density at radius 2 is 2.19 bits per heavy atom. The number of cyclic esters (lactones) is 1. The third-order valence-corrected chi connectivity index (χ3v) is 6.37. The van der Waals surface area contributed by atoms with Crippen LogP contribution in [0.4, 0.5) is 21.9 Å². The van der Waals surface area contributed by atoms with Gasteiger partial charge in [-0.15, -0.1) is 11.8 Å². The SMILES string of the molecule is COc1cccc(C(=O)NCCC[C@@H]2CN(c3ccc4c(c3)NC(=O)CS4)C(=O)O2)c1N. The van der Waals surface area contributed by atoms with Crippen molar-refractivity contribution in [2.75, 3.05) is 41.9 Å². The van der Waals surface area contributed by atoms with Gasteiger partial charge in [0, 0.05) is 17.1 Å². The van der Waals surface area contributed by atoms with E-state index in [1.54, 1.807) is 29.2 Å². The molecule has 32 heavy (non-hydrogen) atoms. The summed E-state index contributed by atoms with van der Waals surface area (Å²) in [5.74, 6) is 0.511. The zero-order chi connectivity index (χ0) is 22.7. The normalized spacial score (nSPS) is 17.4. The molecule has 4 N–H and O–H groups in total. The van der Waals surface area contributed by atoms with Crippen LogP contribution in [0.5, 0.6) is 5.75 Å². The van der Waals surface area contributed by atoms with Gasteiger partial charge < -0.3 is 25.8 Å². The van der Waals surface area contributed by atoms with Crippen molar-refractivity contribution >= 4 is 46.7 Å². The molecule has 10 heteroatoms. The van der Waals surface area contributed by atoms with E-state index in [4.69, 9.17) is 15.2 Å². The van der Waals surface area contributed by atoms with E-state index < -0.39 is 6.09 Å². The van der Waals surface area contributed by atoms with Crippen molar-refractivity contribution in [1.82, 2.24) is 5.32 Å². The molecule has 9 nitrogen and oxygen atoms in total. The van der Waals surface area contributed by atoms with E-state index >= 15 is 0 Å². The summed E-state index contributed by atoms with van der Waals surface area (Å²) < 4.78 is 10.6. The van der Waals surface area contributed by atoms with Crippen LogP contribution in [-0.4, -0.2) is 50.0 Å². The second-order valence-corrected chi connectivity index (χ2v) is 8.47. The number of nitrogen functional groups attached to an aromatic ring is 1. The smallest absolute Gasteiger partial charge is 0.414 e. The first kappa shape index (κ1) is 21.8. The number of nitrogens with two attached hydrogens (primary N) is 1. The molecule has 0 saturated carbocycles. The Morgan fingerprint density at radius 3 is 3.00 bits per heavy atom. The predicted octanol–water partition coefficient (Wildman–Crippen LogP) is 2.86. The number of ether oxygens (including phenoxy) is 2. The van der Waals surface area contributed by atoms with Gasteiger partial charge in [-0.05, 0) is 43.2 Å². The fourth-order valence-electron chi connectivity index (χ4n) is 3.67. The highest BCUT2D eigenvalue weighted by atomic mass is 32.2. The lowest BCUT2D eigenvalue weighted by molar-refractivity contribution is -0.113. The largest absolute Gasteiger partial charge is 0.495 e. The minimum absolute atomic E-state index is 0.0562. The van der Waals surface area contributed by atoms with Gasteiger partial charge in [-0.1, -0.05) is 6.07 Å². The van der Waals surface area contributed by atoms with Crippen molar-refractivity contribution in [1.29, 1.82) is 0 Å². The van der Waals surface area contributed by atoms with Crippen molar-refractivity contribution in [3.05, 3.63) is 42.0 Å². The quantitative estimate of drug-likeness (QED) is 0.432. The van der Waals surface area contributed by atoms with E-state index in [1.165, 1.54) is 18.9 Å². The van der Waals surface area contributed by atoms with Gasteiger partial charge in [0.15, 0.2) is 0 Å². The highest BCUT2D eigenvalue weighted by Gasteiger charge is 2.32. The van der Waals surface area contributed by atoms with E-state index in [0.717, 1.165) is 4.90 Å². The van der Waals surface area contributed by atoms with Crippen molar-refractivity contribution < 1.29 is 23.9 Å². The molecule has 0 unspecified atom stereocenters. The Labute approximate surface area is 189 Å². The van der Waals surface area contributed by atoms with Crippen LogP contribution in [0.15, 0.2) is 41.3 Å². The summed E-state index contributed by atoms with van der Waals surface area (Å²) >= 11 is 1.47. The molecule has 0 bridgehead atoms. The van der Waals surface area contributed by atoms with E-state index in [1.807, 2.05) is 12.1 Å². The number of carbonyl (C=O) groups is 3. The number of rotatable bonds is 7. The standard InChI is InChI=1S/C22H24N4O5S/c1-30-17-6-2-5-15(20(17)23)21(28)24-9-3-4-14-11-26(22(29)31-14)13-7-8-18-16(10-13)25-19(27)12-32-18/h2,5-8,10,14H,3-4,9,11-12,23H2,1H3,(H,24,28)(H,25,27)/t14-/m1/s1. The lowest BCUT2D eigenvalue weighted by atomic mass is 10.1. The molecule has 2 aromatic carbocycles. The van der Waals surface area contributed by atoms with Gasteiger partial charge in [0.25, 0.3) is 5.91 Å². The fraction of sp³-hybridized carbons (Fsp3) is 0.318. The fourth-order valence-corrected chi connectivity index (χ4v) is 4.46. The molecule has 0 spiro atoms. The Kier molecular flexibility index (Phi) is 6.40. The van der Waals surface area contributed by atoms with Gasteiger partial charge in [-0.3, -0.25) is 14.5 Å². The number of methoxy groups -OCH3 is 1. The number of carbonyl (C=O) groups excluding carboxylic acids is 3. The summed E-state index contributed by atoms with van der Waals surface area (Å²) in [6.07, 6.45) is 0.547. The molecular formula is C22H24N4O5S. The number of anilines is 3. The topological polar surface area (TPSA) is 123 Å². The van der Waals surface area contributed by atoms with Crippen LogP contribution in [0, 0.1) is 0 Å². The van der Waals surface area contributed by atoms with Crippen molar-refractivity contribution in [2.24, 2.45) is 0 Å². The number of hydrogen-bond donors (Lipinski definition) is 3. The van der Waals surface area contributed by atoms with Crippen molar-refractivity contribution in [3.8, 4) is 5.75 Å². The highest BCUT2D eigenvalue weighted by molar-refractivity contribution is 8.00. The lowest BCUT2D eigenvalue weighted by Crippen LogP contribution is -2.27. The first-order valence-corrected chi connectivity index (χ1v) is 11.2. The third kappa shape index (κ3) is 4.59. The van der Waals surface area contributed by atoms with Gasteiger partial charge >= 0.3 is 6.09 Å². The molecule has 2 aromatic rings. The van der Waals surface area contributed by atoms with Crippen LogP contribution >= 0.6 is 11.8 Å². The van der Waals surface area contributed by atoms with Gasteiger partial charge in [0.05, 0.1) is 36.3 Å². The van der Waals surface area contributed by atoms with Crippen LogP contribution in [0.25, 0.3) is 0 Å². The molecular weight excluding hydrogens is 432 g/mol. The predicted molar refractivity (Wildman–Crippen MR) is 122 cm³/mol. The molecule has 0 radical (unpaired) electrons. The molecule has 1 fully saturated rings. The summed E-state index contributed by atoms with van der Waals surface area (Å²) in [7, 11) is 1.50. The van der Waals surface area contributed by atoms with Gasteiger partial charge in [0.2, 0.25) is 5.91 Å². The van der Waals surface area contributed by atoms with Crippen LogP contribution in [0.2, 0.25) is 0 Å². The van der Waals surface area contributed by atoms with Crippen molar-refractivity contribution in [3.63, 3.8) is 0 Å². The second-order valence-electron chi connectivity index (χ2n) is 7.45. The Bertz CT molecular complexity index is 1060. The highest BCUT2D eigenvalue weighted by Crippen LogP contribution is 2.35. The maximum atomic E-state index is 12.4. The summed E-state index contributed by atoms with van der Waals surface area (Å²) in [5, 5.41) is 5.67. The van der Waals surface area contributed by atoms with Crippen molar-refractivity contribution in [2.45, 2.75) is 23.8 Å². The summed E-state index contributed by atoms with van der Waals surface area (Å²) in [6, 6.07) is 10.6. The van der Waals surface area contributed by atoms with E-state index in [-0.39, 0.29) is 17.9 Å². The Hall–Kier alpha value is -3.40. The average molecular weight is 457 g/mol. The number of fused-ring (bicyclic) bond motifs is 1. The van der Waals surface area contributed by atoms with Crippen LogP contribution in [0.3, 0.4) is 0 Å². The molecule has 0 aliphatic carbocycles.